The Balaban J connectivity index is 1.58. The van der Waals surface area contributed by atoms with Crippen molar-refractivity contribution in [2.75, 3.05) is 6.61 Å². The molecule has 0 atom stereocenters. The number of nitrogens with one attached hydrogen (secondary N) is 2. The van der Waals surface area contributed by atoms with Gasteiger partial charge in [-0.3, -0.25) is 20.4 Å². The number of carbonyl (C=O) groups excluding carboxylic acids is 2. The van der Waals surface area contributed by atoms with Gasteiger partial charge >= 0.3 is 6.18 Å². The lowest BCUT2D eigenvalue weighted by molar-refractivity contribution is -0.143. The highest BCUT2D eigenvalue weighted by Gasteiger charge is 2.40. The van der Waals surface area contributed by atoms with Gasteiger partial charge in [-0.15, -0.1) is 0 Å². The van der Waals surface area contributed by atoms with Crippen molar-refractivity contribution in [3.8, 4) is 11.4 Å². The van der Waals surface area contributed by atoms with Gasteiger partial charge in [0.05, 0.1) is 24.1 Å². The number of hydrogen-bond acceptors (Lipinski definition) is 4. The first-order valence-corrected chi connectivity index (χ1v) is 10.6. The van der Waals surface area contributed by atoms with Gasteiger partial charge in [0.15, 0.2) is 5.69 Å². The summed E-state index contributed by atoms with van der Waals surface area (Å²) in [5, 5.41) is 4.34. The number of halogens is 4. The Labute approximate surface area is 198 Å². The zero-order chi connectivity index (χ0) is 24.9. The van der Waals surface area contributed by atoms with Crippen LogP contribution in [0.3, 0.4) is 0 Å². The molecule has 1 heterocycles. The van der Waals surface area contributed by atoms with Crippen molar-refractivity contribution < 1.29 is 27.5 Å². The van der Waals surface area contributed by atoms with Gasteiger partial charge in [0.25, 0.3) is 5.91 Å². The van der Waals surface area contributed by atoms with Gasteiger partial charge in [0.1, 0.15) is 5.75 Å². The largest absolute Gasteiger partial charge is 0.493 e. The zero-order valence-electron chi connectivity index (χ0n) is 18.4. The molecule has 0 aliphatic rings. The van der Waals surface area contributed by atoms with Gasteiger partial charge in [-0.25, -0.2) is 4.68 Å². The minimum atomic E-state index is -4.85. The van der Waals surface area contributed by atoms with E-state index in [-0.39, 0.29) is 18.7 Å². The van der Waals surface area contributed by atoms with Crippen molar-refractivity contribution in [3.63, 3.8) is 0 Å². The normalized spacial score (nSPS) is 11.2. The molecule has 3 aromatic rings. The fraction of sp³-hybridized carbons (Fsp3) is 0.261. The maximum absolute atomic E-state index is 13.8. The summed E-state index contributed by atoms with van der Waals surface area (Å²) >= 11 is 5.89. The lowest BCUT2D eigenvalue weighted by Crippen LogP contribution is -2.42. The molecule has 0 unspecified atom stereocenters. The van der Waals surface area contributed by atoms with Crippen LogP contribution in [0.5, 0.6) is 5.75 Å². The second-order valence-electron chi connectivity index (χ2n) is 7.47. The second-order valence-corrected chi connectivity index (χ2v) is 7.90. The number of nitrogens with zero attached hydrogens (tertiary/aromatic N) is 2. The maximum Gasteiger partial charge on any atom is 0.434 e. The number of amides is 2. The highest BCUT2D eigenvalue weighted by molar-refractivity contribution is 6.30. The SMILES string of the molecule is Cc1cc(Cl)ccc1OCCCC(=O)NNC(=O)c1cnn(-c2ccccc2C)c1C(F)(F)F. The van der Waals surface area contributed by atoms with Crippen LogP contribution in [-0.4, -0.2) is 28.2 Å². The van der Waals surface area contributed by atoms with Crippen LogP contribution in [0.25, 0.3) is 5.69 Å². The van der Waals surface area contributed by atoms with Crippen LogP contribution in [0.2, 0.25) is 5.02 Å². The number of carbonyl (C=O) groups is 2. The van der Waals surface area contributed by atoms with E-state index in [9.17, 15) is 22.8 Å². The maximum atomic E-state index is 13.8. The van der Waals surface area contributed by atoms with Crippen LogP contribution < -0.4 is 15.6 Å². The number of alkyl halides is 3. The molecule has 7 nitrogen and oxygen atoms in total. The standard InChI is InChI=1S/C23H22ClF3N4O3/c1-14-6-3-4-7-18(14)31-21(23(25,26)27)17(13-28-31)22(33)30-29-20(32)8-5-11-34-19-10-9-16(24)12-15(19)2/h3-4,6-7,9-10,12-13H,5,8,11H2,1-2H3,(H,29,32)(H,30,33). The Kier molecular flexibility index (Phi) is 7.83. The van der Waals surface area contributed by atoms with Crippen molar-refractivity contribution in [1.82, 2.24) is 20.6 Å². The number of hydrogen-bond donors (Lipinski definition) is 2. The van der Waals surface area contributed by atoms with Gasteiger partial charge in [0, 0.05) is 11.4 Å². The number of aromatic nitrogens is 2. The van der Waals surface area contributed by atoms with Gasteiger partial charge < -0.3 is 4.74 Å². The van der Waals surface area contributed by atoms with Gasteiger partial charge in [-0.05, 0) is 55.7 Å². The number of para-hydroxylation sites is 1. The fourth-order valence-electron chi connectivity index (χ4n) is 3.22. The first-order valence-electron chi connectivity index (χ1n) is 10.3. The molecule has 2 aromatic carbocycles. The lowest BCUT2D eigenvalue weighted by Gasteiger charge is -2.14. The summed E-state index contributed by atoms with van der Waals surface area (Å²) in [6.07, 6.45) is -3.73. The average Bonchev–Trinajstić information content (AvgIpc) is 3.22. The number of rotatable bonds is 7. The van der Waals surface area contributed by atoms with E-state index in [2.05, 4.69) is 10.5 Å². The van der Waals surface area contributed by atoms with Gasteiger partial charge in [0.2, 0.25) is 5.91 Å². The topological polar surface area (TPSA) is 85.2 Å². The van der Waals surface area contributed by atoms with E-state index < -0.39 is 29.2 Å². The molecule has 0 radical (unpaired) electrons. The van der Waals surface area contributed by atoms with Crippen molar-refractivity contribution in [3.05, 3.63) is 76.1 Å². The molecule has 2 N–H and O–H groups in total. The van der Waals surface area contributed by atoms with Crippen molar-refractivity contribution in [2.24, 2.45) is 0 Å². The van der Waals surface area contributed by atoms with Crippen molar-refractivity contribution in [2.45, 2.75) is 32.9 Å². The van der Waals surface area contributed by atoms with E-state index in [0.717, 1.165) is 11.8 Å². The quantitative estimate of drug-likeness (QED) is 0.365. The minimum absolute atomic E-state index is 0.0124. The van der Waals surface area contributed by atoms with Crippen LogP contribution in [0.1, 0.15) is 40.0 Å². The summed E-state index contributed by atoms with van der Waals surface area (Å²) in [5.41, 5.74) is 3.77. The van der Waals surface area contributed by atoms with Crippen molar-refractivity contribution >= 4 is 23.4 Å². The summed E-state index contributed by atoms with van der Waals surface area (Å²) in [4.78, 5) is 24.4. The highest BCUT2D eigenvalue weighted by atomic mass is 35.5. The first-order chi connectivity index (χ1) is 16.1. The third-order valence-corrected chi connectivity index (χ3v) is 5.12. The molecule has 180 valence electrons. The fourth-order valence-corrected chi connectivity index (χ4v) is 3.44. The van der Waals surface area contributed by atoms with E-state index >= 15 is 0 Å². The summed E-state index contributed by atoms with van der Waals surface area (Å²) in [5.74, 6) is -1.08. The molecule has 0 bridgehead atoms. The molecule has 11 heteroatoms. The highest BCUT2D eigenvalue weighted by Crippen LogP contribution is 2.34. The molecule has 0 aliphatic heterocycles. The average molecular weight is 495 g/mol. The molecule has 34 heavy (non-hydrogen) atoms. The Morgan fingerprint density at radius 3 is 2.50 bits per heavy atom. The third kappa shape index (κ3) is 6.07. The molecule has 0 saturated heterocycles. The number of hydrazine groups is 1. The molecule has 1 aromatic heterocycles. The molecule has 0 fully saturated rings. The summed E-state index contributed by atoms with van der Waals surface area (Å²) in [6, 6.07) is 11.5. The van der Waals surface area contributed by atoms with E-state index in [1.807, 2.05) is 12.3 Å². The zero-order valence-corrected chi connectivity index (χ0v) is 19.1. The van der Waals surface area contributed by atoms with Crippen LogP contribution in [0.15, 0.2) is 48.7 Å². The van der Waals surface area contributed by atoms with E-state index in [4.69, 9.17) is 16.3 Å². The number of aryl methyl sites for hydroxylation is 2. The van der Waals surface area contributed by atoms with E-state index in [1.54, 1.807) is 43.3 Å². The molecule has 3 rings (SSSR count). The predicted molar refractivity (Wildman–Crippen MR) is 120 cm³/mol. The van der Waals surface area contributed by atoms with Crippen LogP contribution in [-0.2, 0) is 11.0 Å². The Morgan fingerprint density at radius 2 is 1.82 bits per heavy atom. The third-order valence-electron chi connectivity index (χ3n) is 4.88. The molecule has 2 amide bonds. The molecular weight excluding hydrogens is 473 g/mol. The van der Waals surface area contributed by atoms with Gasteiger partial charge in [-0.2, -0.15) is 18.3 Å². The van der Waals surface area contributed by atoms with E-state index in [1.165, 1.54) is 6.07 Å². The Morgan fingerprint density at radius 1 is 1.09 bits per heavy atom. The summed E-state index contributed by atoms with van der Waals surface area (Å²) in [7, 11) is 0. The number of benzene rings is 2. The Bertz CT molecular complexity index is 1190. The monoisotopic (exact) mass is 494 g/mol. The first kappa shape index (κ1) is 25.1. The molecule has 0 spiro atoms. The minimum Gasteiger partial charge on any atom is -0.493 e. The van der Waals surface area contributed by atoms with Crippen LogP contribution >= 0.6 is 11.6 Å². The smallest absolute Gasteiger partial charge is 0.434 e. The van der Waals surface area contributed by atoms with Crippen molar-refractivity contribution in [1.29, 1.82) is 0 Å². The predicted octanol–water partition coefficient (Wildman–Crippen LogP) is 4.78. The lowest BCUT2D eigenvalue weighted by atomic mass is 10.2. The molecule has 0 saturated carbocycles. The van der Waals surface area contributed by atoms with E-state index in [0.29, 0.717) is 27.4 Å². The van der Waals surface area contributed by atoms with Crippen LogP contribution in [0.4, 0.5) is 13.2 Å². The number of ether oxygens (including phenoxy) is 1. The molecular formula is C23H22ClF3N4O3. The van der Waals surface area contributed by atoms with Gasteiger partial charge in [-0.1, -0.05) is 29.8 Å². The summed E-state index contributed by atoms with van der Waals surface area (Å²) in [6.45, 7) is 3.69. The molecule has 0 aliphatic carbocycles. The second kappa shape index (κ2) is 10.6. The Hall–Kier alpha value is -3.53. The van der Waals surface area contributed by atoms with Crippen LogP contribution in [0, 0.1) is 13.8 Å². The summed E-state index contributed by atoms with van der Waals surface area (Å²) < 4.78 is 47.5.